The fraction of sp³-hybridized carbons (Fsp3) is 0.320. The van der Waals surface area contributed by atoms with Crippen LogP contribution < -0.4 is 9.80 Å². The molecule has 1 unspecified atom stereocenters. The number of benzene rings is 2. The van der Waals surface area contributed by atoms with E-state index in [1.54, 1.807) is 24.3 Å². The number of aromatic nitrogens is 2. The molecule has 176 valence electrons. The first-order chi connectivity index (χ1) is 16.3. The van der Waals surface area contributed by atoms with Gasteiger partial charge in [-0.05, 0) is 42.2 Å². The van der Waals surface area contributed by atoms with E-state index < -0.39 is 11.7 Å². The molecule has 0 saturated carbocycles. The van der Waals surface area contributed by atoms with Crippen LogP contribution in [0.5, 0.6) is 0 Å². The second-order valence-corrected chi connectivity index (χ2v) is 8.60. The van der Waals surface area contributed by atoms with Crippen molar-refractivity contribution in [3.8, 4) is 0 Å². The van der Waals surface area contributed by atoms with E-state index in [1.807, 2.05) is 9.80 Å². The van der Waals surface area contributed by atoms with Crippen LogP contribution in [-0.2, 0) is 12.6 Å². The number of halogens is 4. The molecule has 9 heteroatoms. The number of carbonyl (C=O) groups excluding carboxylic acids is 1. The first-order valence-electron chi connectivity index (χ1n) is 11.1. The van der Waals surface area contributed by atoms with Crippen LogP contribution in [0.4, 0.5) is 29.2 Å². The molecule has 0 spiro atoms. The number of ketones is 1. The highest BCUT2D eigenvalue weighted by Gasteiger charge is 2.32. The lowest BCUT2D eigenvalue weighted by Gasteiger charge is -2.36. The number of alkyl halides is 3. The smallest absolute Gasteiger partial charge is 0.368 e. The number of piperazine rings is 1. The summed E-state index contributed by atoms with van der Waals surface area (Å²) in [6.45, 7) is 2.08. The van der Waals surface area contributed by atoms with Crippen molar-refractivity contribution in [1.29, 1.82) is 0 Å². The van der Waals surface area contributed by atoms with Gasteiger partial charge < -0.3 is 9.80 Å². The van der Waals surface area contributed by atoms with Crippen molar-refractivity contribution in [1.82, 2.24) is 9.97 Å². The van der Waals surface area contributed by atoms with Crippen LogP contribution in [0.15, 0.2) is 54.7 Å². The molecule has 0 N–H and O–H groups in total. The van der Waals surface area contributed by atoms with E-state index in [0.717, 1.165) is 6.07 Å². The van der Waals surface area contributed by atoms with E-state index in [1.165, 1.54) is 24.4 Å². The average molecular weight is 470 g/mol. The molecule has 1 aromatic heterocycles. The monoisotopic (exact) mass is 470 g/mol. The number of carbonyl (C=O) groups is 1. The van der Waals surface area contributed by atoms with Crippen molar-refractivity contribution < 1.29 is 22.4 Å². The number of anilines is 2. The molecule has 2 aromatic carbocycles. The van der Waals surface area contributed by atoms with Gasteiger partial charge in [0.15, 0.2) is 5.78 Å². The molecule has 2 aliphatic rings. The summed E-state index contributed by atoms with van der Waals surface area (Å²) in [4.78, 5) is 25.5. The van der Waals surface area contributed by atoms with Gasteiger partial charge in [-0.25, -0.2) is 14.4 Å². The summed E-state index contributed by atoms with van der Waals surface area (Å²) >= 11 is 0. The predicted octanol–water partition coefficient (Wildman–Crippen LogP) is 4.87. The lowest BCUT2D eigenvalue weighted by Crippen LogP contribution is -2.47. The maximum atomic E-state index is 14.3. The summed E-state index contributed by atoms with van der Waals surface area (Å²) in [5.41, 5.74) is 1.45. The molecule has 0 radical (unpaired) electrons. The Morgan fingerprint density at radius 2 is 1.65 bits per heavy atom. The second-order valence-electron chi connectivity index (χ2n) is 8.60. The highest BCUT2D eigenvalue weighted by atomic mass is 19.4. The van der Waals surface area contributed by atoms with E-state index >= 15 is 0 Å². The lowest BCUT2D eigenvalue weighted by atomic mass is 9.82. The summed E-state index contributed by atoms with van der Waals surface area (Å²) in [5, 5.41) is 0. The van der Waals surface area contributed by atoms with Crippen LogP contribution in [0.2, 0.25) is 0 Å². The standard InChI is InChI=1S/C25H22F4N4O/c26-21-7-2-1-6-19(21)16-12-22-20(23(34)13-16)15-30-24(31-22)33-10-8-32(9-11-33)18-5-3-4-17(14-18)25(27,28)29/h1-7,14-16H,8-13H2. The summed E-state index contributed by atoms with van der Waals surface area (Å²) < 4.78 is 53.5. The summed E-state index contributed by atoms with van der Waals surface area (Å²) in [7, 11) is 0. The van der Waals surface area contributed by atoms with Crippen molar-refractivity contribution in [2.75, 3.05) is 36.0 Å². The highest BCUT2D eigenvalue weighted by molar-refractivity contribution is 5.98. The Morgan fingerprint density at radius 1 is 0.912 bits per heavy atom. The third-order valence-electron chi connectivity index (χ3n) is 6.47. The minimum atomic E-state index is -4.38. The Balaban J connectivity index is 1.31. The quantitative estimate of drug-likeness (QED) is 0.511. The number of fused-ring (bicyclic) bond motifs is 1. The third-order valence-corrected chi connectivity index (χ3v) is 6.47. The molecule has 1 aliphatic heterocycles. The van der Waals surface area contributed by atoms with E-state index in [2.05, 4.69) is 9.97 Å². The van der Waals surface area contributed by atoms with Gasteiger partial charge in [-0.3, -0.25) is 4.79 Å². The van der Waals surface area contributed by atoms with Gasteiger partial charge in [0.25, 0.3) is 0 Å². The molecule has 1 atom stereocenters. The Hall–Kier alpha value is -3.49. The molecule has 0 bridgehead atoms. The number of Topliss-reactive ketones (excluding diaryl/α,β-unsaturated/α-hetero) is 1. The second kappa shape index (κ2) is 8.70. The van der Waals surface area contributed by atoms with E-state index in [0.29, 0.717) is 61.1 Å². The molecule has 1 saturated heterocycles. The van der Waals surface area contributed by atoms with Gasteiger partial charge in [0.05, 0.1) is 16.8 Å². The maximum absolute atomic E-state index is 14.3. The maximum Gasteiger partial charge on any atom is 0.416 e. The Labute approximate surface area is 194 Å². The molecule has 1 fully saturated rings. The van der Waals surface area contributed by atoms with Gasteiger partial charge in [0.1, 0.15) is 5.82 Å². The summed E-state index contributed by atoms with van der Waals surface area (Å²) in [6.07, 6.45) is -2.18. The van der Waals surface area contributed by atoms with Gasteiger partial charge in [0, 0.05) is 44.5 Å². The fourth-order valence-electron chi connectivity index (χ4n) is 4.66. The minimum Gasteiger partial charge on any atom is -0.368 e. The first-order valence-corrected chi connectivity index (χ1v) is 11.1. The van der Waals surface area contributed by atoms with Crippen LogP contribution in [-0.4, -0.2) is 41.9 Å². The van der Waals surface area contributed by atoms with Crippen LogP contribution >= 0.6 is 0 Å². The van der Waals surface area contributed by atoms with Crippen LogP contribution in [0, 0.1) is 5.82 Å². The number of nitrogens with zero attached hydrogens (tertiary/aromatic N) is 4. The van der Waals surface area contributed by atoms with Crippen molar-refractivity contribution in [3.63, 3.8) is 0 Å². The SMILES string of the molecule is O=C1CC(c2ccccc2F)Cc2nc(N3CCN(c4cccc(C(F)(F)F)c4)CC3)ncc21. The largest absolute Gasteiger partial charge is 0.416 e. The number of rotatable bonds is 3. The van der Waals surface area contributed by atoms with Crippen molar-refractivity contribution in [3.05, 3.63) is 82.9 Å². The van der Waals surface area contributed by atoms with Gasteiger partial charge in [-0.15, -0.1) is 0 Å². The number of hydrogen-bond donors (Lipinski definition) is 0. The van der Waals surface area contributed by atoms with Crippen LogP contribution in [0.25, 0.3) is 0 Å². The molecule has 5 nitrogen and oxygen atoms in total. The molecule has 0 amide bonds. The van der Waals surface area contributed by atoms with E-state index in [9.17, 15) is 22.4 Å². The molecular formula is C25H22F4N4O. The topological polar surface area (TPSA) is 49.3 Å². The van der Waals surface area contributed by atoms with Gasteiger partial charge >= 0.3 is 6.18 Å². The summed E-state index contributed by atoms with van der Waals surface area (Å²) in [5.74, 6) is -0.231. The minimum absolute atomic E-state index is 0.101. The van der Waals surface area contributed by atoms with E-state index in [-0.39, 0.29) is 23.9 Å². The molecule has 34 heavy (non-hydrogen) atoms. The van der Waals surface area contributed by atoms with Gasteiger partial charge in [-0.1, -0.05) is 24.3 Å². The van der Waals surface area contributed by atoms with Crippen molar-refractivity contribution >= 4 is 17.4 Å². The molecular weight excluding hydrogens is 448 g/mol. The zero-order valence-corrected chi connectivity index (χ0v) is 18.2. The van der Waals surface area contributed by atoms with Gasteiger partial charge in [-0.2, -0.15) is 13.2 Å². The molecule has 3 aromatic rings. The third kappa shape index (κ3) is 4.34. The molecule has 1 aliphatic carbocycles. The zero-order valence-electron chi connectivity index (χ0n) is 18.2. The first kappa shape index (κ1) is 22.3. The average Bonchev–Trinajstić information content (AvgIpc) is 2.83. The highest BCUT2D eigenvalue weighted by Crippen LogP contribution is 2.34. The summed E-state index contributed by atoms with van der Waals surface area (Å²) in [6, 6.07) is 11.8. The Morgan fingerprint density at radius 3 is 2.38 bits per heavy atom. The van der Waals surface area contributed by atoms with Crippen LogP contribution in [0.3, 0.4) is 0 Å². The lowest BCUT2D eigenvalue weighted by molar-refractivity contribution is -0.137. The predicted molar refractivity (Wildman–Crippen MR) is 120 cm³/mol. The molecule has 5 rings (SSSR count). The van der Waals surface area contributed by atoms with Crippen molar-refractivity contribution in [2.45, 2.75) is 24.9 Å². The Bertz CT molecular complexity index is 1220. The molecule has 2 heterocycles. The zero-order chi connectivity index (χ0) is 23.9. The Kier molecular flexibility index (Phi) is 5.71. The van der Waals surface area contributed by atoms with Crippen molar-refractivity contribution in [2.24, 2.45) is 0 Å². The normalized spacial score (nSPS) is 18.7. The van der Waals surface area contributed by atoms with Gasteiger partial charge in [0.2, 0.25) is 5.95 Å². The van der Waals surface area contributed by atoms with Crippen LogP contribution in [0.1, 0.15) is 39.5 Å². The fourth-order valence-corrected chi connectivity index (χ4v) is 4.66. The van der Waals surface area contributed by atoms with E-state index in [4.69, 9.17) is 0 Å². The number of hydrogen-bond acceptors (Lipinski definition) is 5.